The van der Waals surface area contributed by atoms with E-state index in [1.54, 1.807) is 7.11 Å². The Bertz CT molecular complexity index is 1290. The van der Waals surface area contributed by atoms with Gasteiger partial charge < -0.3 is 9.30 Å². The number of aryl methyl sites for hydroxylation is 5. The van der Waals surface area contributed by atoms with Crippen molar-refractivity contribution in [3.8, 4) is 11.3 Å². The summed E-state index contributed by atoms with van der Waals surface area (Å²) < 4.78 is 9.77. The number of nitrogens with zero attached hydrogens (tertiary/aromatic N) is 4. The molecule has 1 aromatic carbocycles. The van der Waals surface area contributed by atoms with Crippen molar-refractivity contribution in [3.05, 3.63) is 64.5 Å². The lowest BCUT2D eigenvalue weighted by molar-refractivity contribution is 0.191. The molecule has 0 atom stereocenters. The van der Waals surface area contributed by atoms with E-state index in [0.717, 1.165) is 54.1 Å². The van der Waals surface area contributed by atoms with Crippen LogP contribution < -0.4 is 0 Å². The number of ether oxygens (including phenoxy) is 1. The molecule has 0 unspecified atom stereocenters. The van der Waals surface area contributed by atoms with E-state index in [2.05, 4.69) is 51.0 Å². The van der Waals surface area contributed by atoms with Crippen molar-refractivity contribution in [3.63, 3.8) is 0 Å². The van der Waals surface area contributed by atoms with Crippen molar-refractivity contribution < 1.29 is 4.74 Å². The van der Waals surface area contributed by atoms with Crippen LogP contribution in [-0.2, 0) is 17.7 Å². The first-order valence-electron chi connectivity index (χ1n) is 10.9. The van der Waals surface area contributed by atoms with Crippen molar-refractivity contribution in [2.75, 3.05) is 13.7 Å². The molecule has 5 nitrogen and oxygen atoms in total. The third kappa shape index (κ3) is 3.57. The van der Waals surface area contributed by atoms with Crippen LogP contribution in [0.5, 0.6) is 0 Å². The lowest BCUT2D eigenvalue weighted by Gasteiger charge is -2.19. The number of benzene rings is 1. The van der Waals surface area contributed by atoms with Gasteiger partial charge in [0, 0.05) is 37.3 Å². The summed E-state index contributed by atoms with van der Waals surface area (Å²) in [4.78, 5) is 4.82. The predicted octanol–water partition coefficient (Wildman–Crippen LogP) is 5.66. The summed E-state index contributed by atoms with van der Waals surface area (Å²) in [7, 11) is 1.76. The minimum atomic E-state index is 0.720. The Hall–Kier alpha value is -2.92. The molecule has 0 saturated heterocycles. The molecule has 0 fully saturated rings. The minimum Gasteiger partial charge on any atom is -0.385 e. The highest BCUT2D eigenvalue weighted by molar-refractivity contribution is 5.89. The zero-order valence-corrected chi connectivity index (χ0v) is 19.5. The van der Waals surface area contributed by atoms with Crippen molar-refractivity contribution in [1.29, 1.82) is 0 Å². The van der Waals surface area contributed by atoms with Crippen molar-refractivity contribution in [2.45, 2.75) is 54.0 Å². The maximum atomic E-state index is 5.37. The summed E-state index contributed by atoms with van der Waals surface area (Å²) in [5.41, 5.74) is 11.8. The number of aromatic nitrogens is 4. The lowest BCUT2D eigenvalue weighted by Crippen LogP contribution is -2.09. The molecular formula is C26H32N4O. The number of hydrogen-bond acceptors (Lipinski definition) is 3. The maximum Gasteiger partial charge on any atom is 0.157 e. The molecule has 0 saturated carbocycles. The SMILES string of the molecule is C=CCc1c(C)cc(C)c(-c2cc3c(C)nc4cc(C)nn4c3n2CCCOC)c1C. The van der Waals surface area contributed by atoms with Crippen LogP contribution in [0, 0.1) is 34.6 Å². The van der Waals surface area contributed by atoms with Crippen molar-refractivity contribution in [1.82, 2.24) is 19.2 Å². The molecule has 3 heterocycles. The Kier molecular flexibility index (Phi) is 5.71. The smallest absolute Gasteiger partial charge is 0.157 e. The number of rotatable bonds is 7. The third-order valence-electron chi connectivity index (χ3n) is 6.22. The second-order valence-corrected chi connectivity index (χ2v) is 8.50. The van der Waals surface area contributed by atoms with E-state index in [4.69, 9.17) is 14.8 Å². The summed E-state index contributed by atoms with van der Waals surface area (Å²) in [6.07, 6.45) is 3.80. The molecule has 5 heteroatoms. The molecular weight excluding hydrogens is 384 g/mol. The van der Waals surface area contributed by atoms with Crippen LogP contribution in [0.15, 0.2) is 30.9 Å². The summed E-state index contributed by atoms with van der Waals surface area (Å²) in [6.45, 7) is 16.3. The predicted molar refractivity (Wildman–Crippen MR) is 128 cm³/mol. The fourth-order valence-electron chi connectivity index (χ4n) is 4.87. The van der Waals surface area contributed by atoms with Crippen LogP contribution in [-0.4, -0.2) is 32.9 Å². The molecule has 4 rings (SSSR count). The highest BCUT2D eigenvalue weighted by Crippen LogP contribution is 2.36. The molecule has 0 amide bonds. The summed E-state index contributed by atoms with van der Waals surface area (Å²) in [5.74, 6) is 0. The van der Waals surface area contributed by atoms with E-state index < -0.39 is 0 Å². The Balaban J connectivity index is 2.08. The van der Waals surface area contributed by atoms with Gasteiger partial charge in [-0.15, -0.1) is 6.58 Å². The van der Waals surface area contributed by atoms with E-state index in [-0.39, 0.29) is 0 Å². The molecule has 0 radical (unpaired) electrons. The fraction of sp³-hybridized carbons (Fsp3) is 0.385. The van der Waals surface area contributed by atoms with Gasteiger partial charge in [-0.2, -0.15) is 9.61 Å². The standard InChI is InChI=1S/C26H32N4O/c1-8-10-21-16(2)13-17(3)25(19(21)5)23-15-22-20(6)27-24-14-18(4)28-30(24)26(22)29(23)11-9-12-31-7/h8,13-15H,1,9-12H2,2-7H3. The Morgan fingerprint density at radius 1 is 1.06 bits per heavy atom. The van der Waals surface area contributed by atoms with Gasteiger partial charge in [-0.3, -0.25) is 0 Å². The van der Waals surface area contributed by atoms with Crippen LogP contribution in [0.4, 0.5) is 0 Å². The zero-order chi connectivity index (χ0) is 22.3. The topological polar surface area (TPSA) is 44.4 Å². The molecule has 0 aliphatic carbocycles. The highest BCUT2D eigenvalue weighted by Gasteiger charge is 2.21. The van der Waals surface area contributed by atoms with Gasteiger partial charge in [-0.1, -0.05) is 12.1 Å². The van der Waals surface area contributed by atoms with E-state index in [9.17, 15) is 0 Å². The molecule has 0 N–H and O–H groups in total. The first kappa shape index (κ1) is 21.3. The molecule has 0 aliphatic rings. The van der Waals surface area contributed by atoms with Crippen LogP contribution >= 0.6 is 0 Å². The van der Waals surface area contributed by atoms with Gasteiger partial charge in [-0.25, -0.2) is 4.98 Å². The van der Waals surface area contributed by atoms with Crippen LogP contribution in [0.3, 0.4) is 0 Å². The van der Waals surface area contributed by atoms with Gasteiger partial charge in [0.15, 0.2) is 5.65 Å². The maximum absolute atomic E-state index is 5.37. The largest absolute Gasteiger partial charge is 0.385 e. The van der Waals surface area contributed by atoms with Gasteiger partial charge in [0.1, 0.15) is 5.65 Å². The third-order valence-corrected chi connectivity index (χ3v) is 6.22. The van der Waals surface area contributed by atoms with E-state index in [1.807, 2.05) is 23.6 Å². The van der Waals surface area contributed by atoms with E-state index in [0.29, 0.717) is 0 Å². The Morgan fingerprint density at radius 2 is 1.84 bits per heavy atom. The minimum absolute atomic E-state index is 0.720. The fourth-order valence-corrected chi connectivity index (χ4v) is 4.87. The van der Waals surface area contributed by atoms with Crippen LogP contribution in [0.1, 0.15) is 40.1 Å². The second-order valence-electron chi connectivity index (χ2n) is 8.50. The quantitative estimate of drug-likeness (QED) is 0.288. The highest BCUT2D eigenvalue weighted by atomic mass is 16.5. The average molecular weight is 417 g/mol. The summed E-state index contributed by atoms with van der Waals surface area (Å²) in [6, 6.07) is 6.64. The van der Waals surface area contributed by atoms with Gasteiger partial charge >= 0.3 is 0 Å². The number of methoxy groups -OCH3 is 1. The Morgan fingerprint density at radius 3 is 2.55 bits per heavy atom. The van der Waals surface area contributed by atoms with Crippen molar-refractivity contribution in [2.24, 2.45) is 0 Å². The van der Waals surface area contributed by atoms with Crippen LogP contribution in [0.25, 0.3) is 27.9 Å². The number of hydrogen-bond donors (Lipinski definition) is 0. The molecule has 3 aromatic heterocycles. The van der Waals surface area contributed by atoms with E-state index in [1.165, 1.54) is 33.5 Å². The molecule has 0 bridgehead atoms. The van der Waals surface area contributed by atoms with Gasteiger partial charge in [0.2, 0.25) is 0 Å². The lowest BCUT2D eigenvalue weighted by atomic mass is 9.90. The second kappa shape index (κ2) is 8.31. The number of fused-ring (bicyclic) bond motifs is 3. The summed E-state index contributed by atoms with van der Waals surface area (Å²) in [5, 5.41) is 5.92. The molecule has 31 heavy (non-hydrogen) atoms. The zero-order valence-electron chi connectivity index (χ0n) is 19.5. The first-order chi connectivity index (χ1) is 14.9. The normalized spacial score (nSPS) is 11.7. The van der Waals surface area contributed by atoms with Crippen LogP contribution in [0.2, 0.25) is 0 Å². The van der Waals surface area contributed by atoms with Gasteiger partial charge in [0.05, 0.1) is 17.1 Å². The molecule has 162 valence electrons. The van der Waals surface area contributed by atoms with E-state index >= 15 is 0 Å². The van der Waals surface area contributed by atoms with Gasteiger partial charge in [0.25, 0.3) is 0 Å². The number of allylic oxidation sites excluding steroid dienone is 1. The summed E-state index contributed by atoms with van der Waals surface area (Å²) >= 11 is 0. The molecule has 0 spiro atoms. The van der Waals surface area contributed by atoms with Crippen molar-refractivity contribution >= 4 is 16.7 Å². The molecule has 0 aliphatic heterocycles. The monoisotopic (exact) mass is 416 g/mol. The Labute approximate surface area is 184 Å². The average Bonchev–Trinajstić information content (AvgIpc) is 3.26. The first-order valence-corrected chi connectivity index (χ1v) is 10.9. The molecule has 4 aromatic rings. The van der Waals surface area contributed by atoms with Gasteiger partial charge in [-0.05, 0) is 75.8 Å².